The Bertz CT molecular complexity index is 647. The van der Waals surface area contributed by atoms with Crippen molar-refractivity contribution in [2.75, 3.05) is 27.3 Å². The van der Waals surface area contributed by atoms with Gasteiger partial charge in [0.05, 0.1) is 26.2 Å². The molecule has 7 nitrogen and oxygen atoms in total. The lowest BCUT2D eigenvalue weighted by molar-refractivity contribution is -0.143. The second-order valence-corrected chi connectivity index (χ2v) is 6.31. The van der Waals surface area contributed by atoms with E-state index in [2.05, 4.69) is 5.32 Å². The first-order chi connectivity index (χ1) is 11.9. The number of nitrogens with one attached hydrogen (secondary N) is 1. The lowest BCUT2D eigenvalue weighted by atomic mass is 9.98. The van der Waals surface area contributed by atoms with Gasteiger partial charge < -0.3 is 24.8 Å². The smallest absolute Gasteiger partial charge is 0.317 e. The van der Waals surface area contributed by atoms with Gasteiger partial charge in [-0.05, 0) is 38.3 Å². The number of urea groups is 1. The van der Waals surface area contributed by atoms with E-state index in [-0.39, 0.29) is 18.6 Å². The van der Waals surface area contributed by atoms with Gasteiger partial charge in [0.25, 0.3) is 0 Å². The molecule has 0 radical (unpaired) electrons. The highest BCUT2D eigenvalue weighted by Gasteiger charge is 2.29. The first-order valence-corrected chi connectivity index (χ1v) is 8.38. The van der Waals surface area contributed by atoms with Gasteiger partial charge in [0.1, 0.15) is 0 Å². The third-order valence-electron chi connectivity index (χ3n) is 4.70. The maximum atomic E-state index is 12.5. The van der Waals surface area contributed by atoms with Crippen molar-refractivity contribution in [3.8, 4) is 11.5 Å². The number of aliphatic carboxylic acids is 1. The Morgan fingerprint density at radius 3 is 2.64 bits per heavy atom. The molecule has 2 atom stereocenters. The Balaban J connectivity index is 2.10. The second kappa shape index (κ2) is 8.09. The van der Waals surface area contributed by atoms with Crippen LogP contribution in [0.1, 0.15) is 36.9 Å². The number of carboxylic acid groups (broad SMARTS) is 1. The Kier molecular flexibility index (Phi) is 6.12. The molecular formula is C18H26N2O5. The third-order valence-corrected chi connectivity index (χ3v) is 4.70. The highest BCUT2D eigenvalue weighted by molar-refractivity contribution is 5.77. The summed E-state index contributed by atoms with van der Waals surface area (Å²) in [5.41, 5.74) is 1.83. The number of rotatable bonds is 5. The molecule has 2 rings (SSSR count). The van der Waals surface area contributed by atoms with E-state index in [9.17, 15) is 9.59 Å². The molecule has 1 aliphatic heterocycles. The summed E-state index contributed by atoms with van der Waals surface area (Å²) in [7, 11) is 3.16. The van der Waals surface area contributed by atoms with Crippen molar-refractivity contribution in [3.63, 3.8) is 0 Å². The molecule has 0 saturated carbocycles. The molecule has 1 aromatic carbocycles. The molecule has 2 unspecified atom stereocenters. The van der Waals surface area contributed by atoms with Gasteiger partial charge in [-0.3, -0.25) is 4.79 Å². The van der Waals surface area contributed by atoms with Crippen LogP contribution in [0, 0.1) is 12.8 Å². The van der Waals surface area contributed by atoms with Crippen molar-refractivity contribution in [1.29, 1.82) is 0 Å². The number of amides is 2. The maximum Gasteiger partial charge on any atom is 0.317 e. The number of hydrogen-bond acceptors (Lipinski definition) is 4. The van der Waals surface area contributed by atoms with E-state index in [1.165, 1.54) is 0 Å². The van der Waals surface area contributed by atoms with Gasteiger partial charge in [0, 0.05) is 18.7 Å². The van der Waals surface area contributed by atoms with Crippen molar-refractivity contribution in [3.05, 3.63) is 23.3 Å². The molecule has 0 aliphatic carbocycles. The second-order valence-electron chi connectivity index (χ2n) is 6.31. The highest BCUT2D eigenvalue weighted by Crippen LogP contribution is 2.35. The van der Waals surface area contributed by atoms with Gasteiger partial charge in [-0.15, -0.1) is 0 Å². The summed E-state index contributed by atoms with van der Waals surface area (Å²) in [5.74, 6) is -0.0495. The van der Waals surface area contributed by atoms with Gasteiger partial charge in [-0.1, -0.05) is 6.07 Å². The predicted octanol–water partition coefficient (Wildman–Crippen LogP) is 2.58. The summed E-state index contributed by atoms with van der Waals surface area (Å²) < 4.78 is 10.7. The summed E-state index contributed by atoms with van der Waals surface area (Å²) >= 11 is 0. The maximum absolute atomic E-state index is 12.5. The summed E-state index contributed by atoms with van der Waals surface area (Å²) in [6.45, 7) is 4.64. The largest absolute Gasteiger partial charge is 0.493 e. The van der Waals surface area contributed by atoms with E-state index in [0.717, 1.165) is 11.1 Å². The minimum Gasteiger partial charge on any atom is -0.493 e. The number of nitrogens with zero attached hydrogens (tertiary/aromatic N) is 1. The van der Waals surface area contributed by atoms with E-state index in [1.54, 1.807) is 19.1 Å². The quantitative estimate of drug-likeness (QED) is 0.852. The molecule has 1 saturated heterocycles. The molecule has 0 bridgehead atoms. The SMILES string of the molecule is COc1ccc(C(C)NC(=O)N2CCCC(C(=O)O)C2)c(C)c1OC. The van der Waals surface area contributed by atoms with Crippen LogP contribution in [0.15, 0.2) is 12.1 Å². The number of carboxylic acids is 1. The zero-order valence-corrected chi connectivity index (χ0v) is 15.2. The van der Waals surface area contributed by atoms with Crippen LogP contribution in [0.4, 0.5) is 4.79 Å². The molecule has 1 fully saturated rings. The van der Waals surface area contributed by atoms with Crippen LogP contribution in [-0.4, -0.2) is 49.3 Å². The third kappa shape index (κ3) is 4.15. The van der Waals surface area contributed by atoms with Crippen molar-refractivity contribution >= 4 is 12.0 Å². The van der Waals surface area contributed by atoms with Crippen LogP contribution in [0.5, 0.6) is 11.5 Å². The van der Waals surface area contributed by atoms with E-state index >= 15 is 0 Å². The van der Waals surface area contributed by atoms with Gasteiger partial charge in [0.2, 0.25) is 0 Å². The van der Waals surface area contributed by atoms with Gasteiger partial charge >= 0.3 is 12.0 Å². The number of carbonyl (C=O) groups excluding carboxylic acids is 1. The highest BCUT2D eigenvalue weighted by atomic mass is 16.5. The lowest BCUT2D eigenvalue weighted by Crippen LogP contribution is -2.47. The van der Waals surface area contributed by atoms with E-state index in [0.29, 0.717) is 30.9 Å². The molecule has 1 aliphatic rings. The predicted molar refractivity (Wildman–Crippen MR) is 93.2 cm³/mol. The zero-order chi connectivity index (χ0) is 18.6. The molecular weight excluding hydrogens is 324 g/mol. The standard InChI is InChI=1S/C18H26N2O5/c1-11-14(7-8-15(24-3)16(11)25-4)12(2)19-18(23)20-9-5-6-13(10-20)17(21)22/h7-8,12-13H,5-6,9-10H2,1-4H3,(H,19,23)(H,21,22). The van der Waals surface area contributed by atoms with Crippen LogP contribution in [0.25, 0.3) is 0 Å². The monoisotopic (exact) mass is 350 g/mol. The fraction of sp³-hybridized carbons (Fsp3) is 0.556. The van der Waals surface area contributed by atoms with Crippen molar-refractivity contribution in [2.45, 2.75) is 32.7 Å². The molecule has 1 heterocycles. The minimum absolute atomic E-state index is 0.238. The first kappa shape index (κ1) is 18.9. The first-order valence-electron chi connectivity index (χ1n) is 8.38. The zero-order valence-electron chi connectivity index (χ0n) is 15.2. The fourth-order valence-electron chi connectivity index (χ4n) is 3.28. The number of likely N-dealkylation sites (tertiary alicyclic amines) is 1. The van der Waals surface area contributed by atoms with Crippen LogP contribution in [-0.2, 0) is 4.79 Å². The molecule has 7 heteroatoms. The fourth-order valence-corrected chi connectivity index (χ4v) is 3.28. The molecule has 25 heavy (non-hydrogen) atoms. The van der Waals surface area contributed by atoms with E-state index in [4.69, 9.17) is 14.6 Å². The van der Waals surface area contributed by atoms with Gasteiger partial charge in [-0.2, -0.15) is 0 Å². The number of methoxy groups -OCH3 is 2. The van der Waals surface area contributed by atoms with Crippen LogP contribution < -0.4 is 14.8 Å². The summed E-state index contributed by atoms with van der Waals surface area (Å²) in [5, 5.41) is 12.1. The Morgan fingerprint density at radius 2 is 2.04 bits per heavy atom. The van der Waals surface area contributed by atoms with Crippen molar-refractivity contribution in [2.24, 2.45) is 5.92 Å². The van der Waals surface area contributed by atoms with Crippen LogP contribution in [0.2, 0.25) is 0 Å². The Morgan fingerprint density at radius 1 is 1.32 bits per heavy atom. The molecule has 1 aromatic rings. The average molecular weight is 350 g/mol. The lowest BCUT2D eigenvalue weighted by Gasteiger charge is -2.32. The van der Waals surface area contributed by atoms with Crippen LogP contribution >= 0.6 is 0 Å². The van der Waals surface area contributed by atoms with Crippen LogP contribution in [0.3, 0.4) is 0 Å². The number of benzene rings is 1. The van der Waals surface area contributed by atoms with Gasteiger partial charge in [0.15, 0.2) is 11.5 Å². The van der Waals surface area contributed by atoms with E-state index < -0.39 is 11.9 Å². The number of hydrogen-bond donors (Lipinski definition) is 2. The molecule has 0 aromatic heterocycles. The summed E-state index contributed by atoms with van der Waals surface area (Å²) in [6, 6.07) is 3.23. The normalized spacial score (nSPS) is 18.4. The molecule has 2 amide bonds. The van der Waals surface area contributed by atoms with Crippen molar-refractivity contribution < 1.29 is 24.2 Å². The summed E-state index contributed by atoms with van der Waals surface area (Å²) in [6.07, 6.45) is 1.32. The minimum atomic E-state index is -0.846. The topological polar surface area (TPSA) is 88.1 Å². The Hall–Kier alpha value is -2.44. The number of piperidine rings is 1. The van der Waals surface area contributed by atoms with E-state index in [1.807, 2.05) is 26.0 Å². The Labute approximate surface area is 147 Å². The molecule has 138 valence electrons. The number of carbonyl (C=O) groups is 2. The number of ether oxygens (including phenoxy) is 2. The van der Waals surface area contributed by atoms with Crippen molar-refractivity contribution in [1.82, 2.24) is 10.2 Å². The van der Waals surface area contributed by atoms with Gasteiger partial charge in [-0.25, -0.2) is 4.79 Å². The summed E-state index contributed by atoms with van der Waals surface area (Å²) in [4.78, 5) is 25.2. The molecule has 0 spiro atoms. The average Bonchev–Trinajstić information content (AvgIpc) is 2.61. The molecule has 2 N–H and O–H groups in total.